The highest BCUT2D eigenvalue weighted by molar-refractivity contribution is 6.39. The molecule has 1 heterocycles. The fourth-order valence-corrected chi connectivity index (χ4v) is 2.54. The monoisotopic (exact) mass is 319 g/mol. The number of ether oxygens (including phenoxy) is 1. The zero-order valence-corrected chi connectivity index (χ0v) is 13.1. The second kappa shape index (κ2) is 7.62. The van der Waals surface area contributed by atoms with Gasteiger partial charge in [-0.1, -0.05) is 12.1 Å². The molecule has 1 saturated heterocycles. The smallest absolute Gasteiger partial charge is 0.314 e. The van der Waals surface area contributed by atoms with Gasteiger partial charge in [0.05, 0.1) is 12.3 Å². The third-order valence-electron chi connectivity index (χ3n) is 3.81. The van der Waals surface area contributed by atoms with E-state index in [-0.39, 0.29) is 11.8 Å². The molecule has 3 N–H and O–H groups in total. The van der Waals surface area contributed by atoms with Crippen LogP contribution in [-0.2, 0) is 14.4 Å². The number of hydrogen-bond donors (Lipinski definition) is 2. The van der Waals surface area contributed by atoms with Gasteiger partial charge in [-0.25, -0.2) is 0 Å². The molecule has 1 aliphatic heterocycles. The first kappa shape index (κ1) is 16.8. The van der Waals surface area contributed by atoms with Gasteiger partial charge in [0.1, 0.15) is 5.75 Å². The van der Waals surface area contributed by atoms with E-state index < -0.39 is 11.8 Å². The van der Waals surface area contributed by atoms with E-state index in [9.17, 15) is 14.4 Å². The van der Waals surface area contributed by atoms with Crippen LogP contribution in [-0.4, -0.2) is 42.3 Å². The summed E-state index contributed by atoms with van der Waals surface area (Å²) in [7, 11) is 0. The normalized spacial score (nSPS) is 15.1. The first-order valence-corrected chi connectivity index (χ1v) is 7.64. The third-order valence-corrected chi connectivity index (χ3v) is 3.81. The first-order chi connectivity index (χ1) is 11.0. The summed E-state index contributed by atoms with van der Waals surface area (Å²) in [5.74, 6) is -1.38. The van der Waals surface area contributed by atoms with E-state index in [1.165, 1.54) is 4.90 Å². The van der Waals surface area contributed by atoms with Crippen LogP contribution in [0.3, 0.4) is 0 Å². The van der Waals surface area contributed by atoms with Crippen molar-refractivity contribution in [2.24, 2.45) is 11.7 Å². The number of piperidine rings is 1. The summed E-state index contributed by atoms with van der Waals surface area (Å²) in [5.41, 5.74) is 5.72. The molecular weight excluding hydrogens is 298 g/mol. The van der Waals surface area contributed by atoms with Crippen LogP contribution in [0.5, 0.6) is 5.75 Å². The van der Waals surface area contributed by atoms with Crippen molar-refractivity contribution in [3.63, 3.8) is 0 Å². The fraction of sp³-hybridized carbons (Fsp3) is 0.438. The van der Waals surface area contributed by atoms with Crippen LogP contribution in [0.25, 0.3) is 0 Å². The zero-order valence-electron chi connectivity index (χ0n) is 13.1. The number of primary amides is 1. The minimum atomic E-state index is -0.713. The Labute approximate surface area is 134 Å². The molecule has 0 spiro atoms. The van der Waals surface area contributed by atoms with Crippen molar-refractivity contribution in [1.82, 2.24) is 4.90 Å². The van der Waals surface area contributed by atoms with Crippen molar-refractivity contribution < 1.29 is 19.1 Å². The van der Waals surface area contributed by atoms with Crippen molar-refractivity contribution in [2.75, 3.05) is 25.0 Å². The standard InChI is InChI=1S/C16H21N3O4/c1-2-23-13-6-4-3-5-12(13)18-15(21)16(22)19-9-7-11(8-10-19)14(17)20/h3-6,11H,2,7-10H2,1H3,(H2,17,20)(H,18,21). The van der Waals surface area contributed by atoms with E-state index >= 15 is 0 Å². The molecule has 1 aromatic rings. The summed E-state index contributed by atoms with van der Waals surface area (Å²) in [4.78, 5) is 36.9. The molecule has 7 nitrogen and oxygen atoms in total. The summed E-state index contributed by atoms with van der Waals surface area (Å²) < 4.78 is 5.41. The van der Waals surface area contributed by atoms with E-state index in [4.69, 9.17) is 10.5 Å². The van der Waals surface area contributed by atoms with E-state index in [1.807, 2.05) is 6.92 Å². The van der Waals surface area contributed by atoms with Crippen molar-refractivity contribution in [3.8, 4) is 5.75 Å². The molecule has 3 amide bonds. The zero-order chi connectivity index (χ0) is 16.8. The highest BCUT2D eigenvalue weighted by Gasteiger charge is 2.29. The molecule has 1 aromatic carbocycles. The van der Waals surface area contributed by atoms with Gasteiger partial charge in [-0.15, -0.1) is 0 Å². The Morgan fingerprint density at radius 1 is 1.26 bits per heavy atom. The van der Waals surface area contributed by atoms with Gasteiger partial charge in [0.15, 0.2) is 0 Å². The van der Waals surface area contributed by atoms with Gasteiger partial charge >= 0.3 is 11.8 Å². The number of nitrogens with zero attached hydrogens (tertiary/aromatic N) is 1. The Hall–Kier alpha value is -2.57. The Kier molecular flexibility index (Phi) is 5.56. The van der Waals surface area contributed by atoms with E-state index in [1.54, 1.807) is 24.3 Å². The van der Waals surface area contributed by atoms with Crippen LogP contribution >= 0.6 is 0 Å². The fourth-order valence-electron chi connectivity index (χ4n) is 2.54. The minimum Gasteiger partial charge on any atom is -0.492 e. The second-order valence-electron chi connectivity index (χ2n) is 5.35. The second-order valence-corrected chi connectivity index (χ2v) is 5.35. The van der Waals surface area contributed by atoms with Gasteiger partial charge in [-0.05, 0) is 31.9 Å². The van der Waals surface area contributed by atoms with Gasteiger partial charge in [0.25, 0.3) is 0 Å². The molecule has 124 valence electrons. The number of anilines is 1. The molecule has 23 heavy (non-hydrogen) atoms. The lowest BCUT2D eigenvalue weighted by Gasteiger charge is -2.30. The lowest BCUT2D eigenvalue weighted by atomic mass is 9.96. The van der Waals surface area contributed by atoms with Gasteiger partial charge in [-0.2, -0.15) is 0 Å². The average molecular weight is 319 g/mol. The molecule has 0 atom stereocenters. The highest BCUT2D eigenvalue weighted by Crippen LogP contribution is 2.24. The Morgan fingerprint density at radius 3 is 2.52 bits per heavy atom. The summed E-state index contributed by atoms with van der Waals surface area (Å²) in [5, 5.41) is 2.58. The maximum absolute atomic E-state index is 12.2. The number of likely N-dealkylation sites (tertiary alicyclic amines) is 1. The van der Waals surface area contributed by atoms with Gasteiger partial charge in [0.2, 0.25) is 5.91 Å². The van der Waals surface area contributed by atoms with Crippen molar-refractivity contribution in [2.45, 2.75) is 19.8 Å². The number of amides is 3. The first-order valence-electron chi connectivity index (χ1n) is 7.64. The Balaban J connectivity index is 1.96. The summed E-state index contributed by atoms with van der Waals surface area (Å²) >= 11 is 0. The van der Waals surface area contributed by atoms with Crippen LogP contribution in [0.4, 0.5) is 5.69 Å². The number of carbonyl (C=O) groups excluding carboxylic acids is 3. The largest absolute Gasteiger partial charge is 0.492 e. The van der Waals surface area contributed by atoms with Gasteiger partial charge in [0, 0.05) is 19.0 Å². The number of rotatable bonds is 4. The van der Waals surface area contributed by atoms with Gasteiger partial charge < -0.3 is 20.7 Å². The van der Waals surface area contributed by atoms with Crippen molar-refractivity contribution in [3.05, 3.63) is 24.3 Å². The predicted molar refractivity (Wildman–Crippen MR) is 84.7 cm³/mol. The molecule has 0 bridgehead atoms. The number of benzene rings is 1. The molecule has 1 fully saturated rings. The minimum absolute atomic E-state index is 0.221. The highest BCUT2D eigenvalue weighted by atomic mass is 16.5. The lowest BCUT2D eigenvalue weighted by Crippen LogP contribution is -2.46. The van der Waals surface area contributed by atoms with Crippen LogP contribution in [0.2, 0.25) is 0 Å². The van der Waals surface area contributed by atoms with Crippen molar-refractivity contribution in [1.29, 1.82) is 0 Å². The molecule has 1 aliphatic rings. The topological polar surface area (TPSA) is 102 Å². The van der Waals surface area contributed by atoms with Crippen LogP contribution in [0.15, 0.2) is 24.3 Å². The number of nitrogens with one attached hydrogen (secondary N) is 1. The number of nitrogens with two attached hydrogens (primary N) is 1. The molecule has 0 unspecified atom stereocenters. The van der Waals surface area contributed by atoms with E-state index in [0.717, 1.165) is 0 Å². The summed E-state index contributed by atoms with van der Waals surface area (Å²) in [6.45, 7) is 3.01. The summed E-state index contributed by atoms with van der Waals surface area (Å²) in [6, 6.07) is 6.94. The number of hydrogen-bond acceptors (Lipinski definition) is 4. The molecule has 0 aliphatic carbocycles. The van der Waals surface area contributed by atoms with E-state index in [0.29, 0.717) is 44.0 Å². The predicted octanol–water partition coefficient (Wildman–Crippen LogP) is 0.748. The maximum atomic E-state index is 12.2. The Bertz CT molecular complexity index is 595. The van der Waals surface area contributed by atoms with E-state index in [2.05, 4.69) is 5.32 Å². The van der Waals surface area contributed by atoms with Crippen LogP contribution in [0.1, 0.15) is 19.8 Å². The molecule has 0 saturated carbocycles. The van der Waals surface area contributed by atoms with Crippen LogP contribution in [0, 0.1) is 5.92 Å². The Morgan fingerprint density at radius 2 is 1.91 bits per heavy atom. The molecule has 0 aromatic heterocycles. The quantitative estimate of drug-likeness (QED) is 0.799. The van der Waals surface area contributed by atoms with Gasteiger partial charge in [-0.3, -0.25) is 14.4 Å². The lowest BCUT2D eigenvalue weighted by molar-refractivity contribution is -0.144. The molecule has 0 radical (unpaired) electrons. The SMILES string of the molecule is CCOc1ccccc1NC(=O)C(=O)N1CCC(C(N)=O)CC1. The third kappa shape index (κ3) is 4.21. The van der Waals surface area contributed by atoms with Crippen molar-refractivity contribution >= 4 is 23.4 Å². The average Bonchev–Trinajstić information content (AvgIpc) is 2.56. The van der Waals surface area contributed by atoms with Crippen LogP contribution < -0.4 is 15.8 Å². The summed E-state index contributed by atoms with van der Waals surface area (Å²) in [6.07, 6.45) is 0.980. The molecule has 7 heteroatoms. The number of para-hydroxylation sites is 2. The molecule has 2 rings (SSSR count). The number of carbonyl (C=O) groups is 3. The molecular formula is C16H21N3O4. The maximum Gasteiger partial charge on any atom is 0.314 e.